The van der Waals surface area contributed by atoms with Gasteiger partial charge < -0.3 is 10.1 Å². The Morgan fingerprint density at radius 2 is 2.09 bits per heavy atom. The predicted molar refractivity (Wildman–Crippen MR) is 84.2 cm³/mol. The number of benzene rings is 1. The lowest BCUT2D eigenvalue weighted by Crippen LogP contribution is -2.23. The van der Waals surface area contributed by atoms with Crippen LogP contribution >= 0.6 is 0 Å². The van der Waals surface area contributed by atoms with Crippen LogP contribution in [0.5, 0.6) is 5.88 Å². The summed E-state index contributed by atoms with van der Waals surface area (Å²) in [7, 11) is 5.20. The largest absolute Gasteiger partial charge is 0.481 e. The Bertz CT molecular complexity index is 880. The number of nitrogens with zero attached hydrogens (tertiary/aromatic N) is 5. The summed E-state index contributed by atoms with van der Waals surface area (Å²) in [6, 6.07) is 5.32. The molecule has 0 spiro atoms. The maximum absolute atomic E-state index is 12.4. The highest BCUT2D eigenvalue weighted by Gasteiger charge is 2.15. The SMILES string of the molecule is COc1c(CNC(=O)c2ccc3c(c2)nnn3C)c(C)nn1C. The van der Waals surface area contributed by atoms with Crippen molar-refractivity contribution in [2.75, 3.05) is 7.11 Å². The van der Waals surface area contributed by atoms with Gasteiger partial charge in [0.2, 0.25) is 5.88 Å². The molecule has 0 saturated heterocycles. The number of carbonyl (C=O) groups excluding carboxylic acids is 1. The second-order valence-electron chi connectivity index (χ2n) is 5.30. The number of carbonyl (C=O) groups is 1. The number of fused-ring (bicyclic) bond motifs is 1. The summed E-state index contributed by atoms with van der Waals surface area (Å²) >= 11 is 0. The van der Waals surface area contributed by atoms with Gasteiger partial charge in [0.05, 0.1) is 30.4 Å². The van der Waals surface area contributed by atoms with E-state index < -0.39 is 0 Å². The number of aryl methyl sites for hydroxylation is 3. The molecule has 0 bridgehead atoms. The number of methoxy groups -OCH3 is 1. The Morgan fingerprint density at radius 3 is 2.83 bits per heavy atom. The highest BCUT2D eigenvalue weighted by Crippen LogP contribution is 2.20. The van der Waals surface area contributed by atoms with Crippen LogP contribution < -0.4 is 10.1 Å². The molecule has 0 aliphatic rings. The molecule has 2 aromatic heterocycles. The van der Waals surface area contributed by atoms with Gasteiger partial charge in [-0.1, -0.05) is 5.21 Å². The molecule has 2 heterocycles. The van der Waals surface area contributed by atoms with Gasteiger partial charge in [-0.15, -0.1) is 5.10 Å². The van der Waals surface area contributed by atoms with Crippen molar-refractivity contribution in [3.63, 3.8) is 0 Å². The van der Waals surface area contributed by atoms with E-state index in [9.17, 15) is 4.79 Å². The third-order valence-electron chi connectivity index (χ3n) is 3.78. The zero-order valence-electron chi connectivity index (χ0n) is 13.5. The molecule has 0 aliphatic heterocycles. The maximum atomic E-state index is 12.4. The molecule has 3 rings (SSSR count). The first-order valence-corrected chi connectivity index (χ1v) is 7.15. The Kier molecular flexibility index (Phi) is 3.73. The molecule has 0 unspecified atom stereocenters. The Balaban J connectivity index is 1.78. The second kappa shape index (κ2) is 5.71. The number of amides is 1. The van der Waals surface area contributed by atoms with Crippen molar-refractivity contribution in [1.29, 1.82) is 0 Å². The number of nitrogens with one attached hydrogen (secondary N) is 1. The normalized spacial score (nSPS) is 11.0. The molecule has 0 radical (unpaired) electrons. The lowest BCUT2D eigenvalue weighted by Gasteiger charge is -2.07. The molecule has 120 valence electrons. The van der Waals surface area contributed by atoms with E-state index in [2.05, 4.69) is 20.7 Å². The first-order chi connectivity index (χ1) is 11.0. The van der Waals surface area contributed by atoms with Crippen molar-refractivity contribution < 1.29 is 9.53 Å². The van der Waals surface area contributed by atoms with Crippen LogP contribution in [0.15, 0.2) is 18.2 Å². The predicted octanol–water partition coefficient (Wildman–Crippen LogP) is 0.949. The zero-order valence-corrected chi connectivity index (χ0v) is 13.5. The van der Waals surface area contributed by atoms with E-state index in [4.69, 9.17) is 4.74 Å². The summed E-state index contributed by atoms with van der Waals surface area (Å²) in [6.07, 6.45) is 0. The molecule has 3 aromatic rings. The van der Waals surface area contributed by atoms with Gasteiger partial charge in [0.1, 0.15) is 5.52 Å². The van der Waals surface area contributed by atoms with Crippen molar-refractivity contribution in [2.45, 2.75) is 13.5 Å². The molecule has 1 N–H and O–H groups in total. The molecule has 0 aliphatic carbocycles. The summed E-state index contributed by atoms with van der Waals surface area (Å²) in [6.45, 7) is 2.23. The fraction of sp³-hybridized carbons (Fsp3) is 0.333. The fourth-order valence-corrected chi connectivity index (χ4v) is 2.59. The van der Waals surface area contributed by atoms with E-state index in [1.165, 1.54) is 0 Å². The van der Waals surface area contributed by atoms with Gasteiger partial charge in [0, 0.05) is 19.7 Å². The van der Waals surface area contributed by atoms with E-state index in [1.54, 1.807) is 35.7 Å². The zero-order chi connectivity index (χ0) is 16.6. The molecule has 0 saturated carbocycles. The van der Waals surface area contributed by atoms with Crippen molar-refractivity contribution >= 4 is 16.9 Å². The smallest absolute Gasteiger partial charge is 0.251 e. The molecule has 0 atom stereocenters. The van der Waals surface area contributed by atoms with Gasteiger partial charge in [-0.05, 0) is 25.1 Å². The van der Waals surface area contributed by atoms with Crippen LogP contribution in [0.2, 0.25) is 0 Å². The number of aromatic nitrogens is 5. The second-order valence-corrected chi connectivity index (χ2v) is 5.30. The lowest BCUT2D eigenvalue weighted by molar-refractivity contribution is 0.0950. The van der Waals surface area contributed by atoms with Crippen molar-refractivity contribution in [2.24, 2.45) is 14.1 Å². The highest BCUT2D eigenvalue weighted by molar-refractivity contribution is 5.97. The van der Waals surface area contributed by atoms with Crippen molar-refractivity contribution in [3.8, 4) is 5.88 Å². The van der Waals surface area contributed by atoms with E-state index in [-0.39, 0.29) is 5.91 Å². The van der Waals surface area contributed by atoms with E-state index >= 15 is 0 Å². The third-order valence-corrected chi connectivity index (χ3v) is 3.78. The van der Waals surface area contributed by atoms with E-state index in [0.717, 1.165) is 16.8 Å². The topological polar surface area (TPSA) is 86.9 Å². The van der Waals surface area contributed by atoms with Gasteiger partial charge in [0.25, 0.3) is 5.91 Å². The number of hydrogen-bond donors (Lipinski definition) is 1. The number of hydrogen-bond acceptors (Lipinski definition) is 5. The van der Waals surface area contributed by atoms with Crippen LogP contribution in [0, 0.1) is 6.92 Å². The molecule has 1 aromatic carbocycles. The van der Waals surface area contributed by atoms with Crippen LogP contribution in [0.4, 0.5) is 0 Å². The van der Waals surface area contributed by atoms with Crippen LogP contribution in [0.25, 0.3) is 11.0 Å². The Hall–Kier alpha value is -2.90. The minimum Gasteiger partial charge on any atom is -0.481 e. The Labute approximate surface area is 133 Å². The molecular weight excluding hydrogens is 296 g/mol. The van der Waals surface area contributed by atoms with Crippen molar-refractivity contribution in [1.82, 2.24) is 30.1 Å². The first kappa shape index (κ1) is 15.0. The summed E-state index contributed by atoms with van der Waals surface area (Å²) in [4.78, 5) is 12.4. The van der Waals surface area contributed by atoms with Crippen LogP contribution in [-0.4, -0.2) is 37.8 Å². The first-order valence-electron chi connectivity index (χ1n) is 7.15. The maximum Gasteiger partial charge on any atom is 0.251 e. The van der Waals surface area contributed by atoms with Gasteiger partial charge in [-0.25, -0.2) is 9.36 Å². The van der Waals surface area contributed by atoms with Gasteiger partial charge in [-0.2, -0.15) is 5.10 Å². The van der Waals surface area contributed by atoms with Gasteiger partial charge >= 0.3 is 0 Å². The summed E-state index contributed by atoms with van der Waals surface area (Å²) in [5.41, 5.74) is 3.80. The lowest BCUT2D eigenvalue weighted by atomic mass is 10.1. The summed E-state index contributed by atoms with van der Waals surface area (Å²) < 4.78 is 8.65. The minimum atomic E-state index is -0.178. The van der Waals surface area contributed by atoms with Gasteiger partial charge in [-0.3, -0.25) is 4.79 Å². The molecule has 0 fully saturated rings. The molecule has 23 heavy (non-hydrogen) atoms. The average Bonchev–Trinajstić information content (AvgIpc) is 3.04. The van der Waals surface area contributed by atoms with Crippen LogP contribution in [-0.2, 0) is 20.6 Å². The average molecular weight is 314 g/mol. The quantitative estimate of drug-likeness (QED) is 0.775. The highest BCUT2D eigenvalue weighted by atomic mass is 16.5. The summed E-state index contributed by atoms with van der Waals surface area (Å²) in [5, 5.41) is 15.1. The minimum absolute atomic E-state index is 0.178. The third kappa shape index (κ3) is 2.63. The molecule has 8 heteroatoms. The number of rotatable bonds is 4. The fourth-order valence-electron chi connectivity index (χ4n) is 2.59. The molecule has 8 nitrogen and oxygen atoms in total. The van der Waals surface area contributed by atoms with Crippen LogP contribution in [0.3, 0.4) is 0 Å². The molecule has 1 amide bonds. The van der Waals surface area contributed by atoms with E-state index in [1.807, 2.05) is 20.0 Å². The Morgan fingerprint density at radius 1 is 1.30 bits per heavy atom. The van der Waals surface area contributed by atoms with Crippen LogP contribution in [0.1, 0.15) is 21.6 Å². The standard InChI is InChI=1S/C15H18N6O2/c1-9-11(15(23-4)21(3)18-9)8-16-14(22)10-5-6-13-12(7-10)17-19-20(13)2/h5-7H,8H2,1-4H3,(H,16,22). The van der Waals surface area contributed by atoms with Crippen molar-refractivity contribution in [3.05, 3.63) is 35.0 Å². The summed E-state index contributed by atoms with van der Waals surface area (Å²) in [5.74, 6) is 0.468. The van der Waals surface area contributed by atoms with E-state index in [0.29, 0.717) is 23.5 Å². The monoisotopic (exact) mass is 314 g/mol. The van der Waals surface area contributed by atoms with Gasteiger partial charge in [0.15, 0.2) is 0 Å². The number of ether oxygens (including phenoxy) is 1. The molecular formula is C15H18N6O2.